The van der Waals surface area contributed by atoms with Gasteiger partial charge in [0.15, 0.2) is 0 Å². The van der Waals surface area contributed by atoms with Crippen molar-refractivity contribution in [2.24, 2.45) is 5.10 Å². The van der Waals surface area contributed by atoms with Gasteiger partial charge in [-0.3, -0.25) is 4.79 Å². The lowest BCUT2D eigenvalue weighted by atomic mass is 9.74. The topological polar surface area (TPSA) is 35.9 Å². The Morgan fingerprint density at radius 1 is 0.933 bits per heavy atom. The second-order valence-electron chi connectivity index (χ2n) is 8.01. The Morgan fingerprint density at radius 2 is 1.53 bits per heavy atom. The van der Waals surface area contributed by atoms with Gasteiger partial charge < -0.3 is 4.90 Å². The number of rotatable bonds is 2. The van der Waals surface area contributed by atoms with Crippen LogP contribution in [-0.4, -0.2) is 35.2 Å². The zero-order valence-electron chi connectivity index (χ0n) is 16.9. The second kappa shape index (κ2) is 6.99. The predicted molar refractivity (Wildman–Crippen MR) is 121 cm³/mol. The molecule has 4 nitrogen and oxygen atoms in total. The van der Waals surface area contributed by atoms with Crippen molar-refractivity contribution in [1.29, 1.82) is 0 Å². The number of carbonyl (C=O) groups excluding carboxylic acids is 1. The van der Waals surface area contributed by atoms with Crippen LogP contribution in [0.3, 0.4) is 0 Å². The third-order valence-corrected chi connectivity index (χ3v) is 6.94. The average molecular weight is 416 g/mol. The summed E-state index contributed by atoms with van der Waals surface area (Å²) in [7, 11) is 2.01. The molecule has 2 aliphatic rings. The van der Waals surface area contributed by atoms with E-state index in [1.165, 1.54) is 0 Å². The van der Waals surface area contributed by atoms with E-state index in [1.54, 1.807) is 5.01 Å². The van der Waals surface area contributed by atoms with Crippen LogP contribution in [0, 0.1) is 0 Å². The molecule has 0 radical (unpaired) electrons. The summed E-state index contributed by atoms with van der Waals surface area (Å²) in [6.07, 6.45) is -0.322. The van der Waals surface area contributed by atoms with Gasteiger partial charge in [0.25, 0.3) is 5.91 Å². The molecule has 5 rings (SSSR count). The molecule has 0 aromatic heterocycles. The second-order valence-corrected chi connectivity index (χ2v) is 8.45. The minimum absolute atomic E-state index is 0.136. The fourth-order valence-electron chi connectivity index (χ4n) is 4.78. The van der Waals surface area contributed by atoms with Crippen molar-refractivity contribution in [2.45, 2.75) is 23.9 Å². The number of carbonyl (C=O) groups is 1. The molecule has 2 aliphatic heterocycles. The van der Waals surface area contributed by atoms with Gasteiger partial charge in [0.2, 0.25) is 0 Å². The van der Waals surface area contributed by atoms with Gasteiger partial charge in [0, 0.05) is 18.3 Å². The van der Waals surface area contributed by atoms with Crippen LogP contribution < -0.4 is 4.90 Å². The summed E-state index contributed by atoms with van der Waals surface area (Å²) < 4.78 is 0. The number of hydrogen-bond donors (Lipinski definition) is 0. The summed E-state index contributed by atoms with van der Waals surface area (Å²) in [4.78, 5) is 15.7. The van der Waals surface area contributed by atoms with Crippen LogP contribution in [0.5, 0.6) is 0 Å². The highest BCUT2D eigenvalue weighted by Crippen LogP contribution is 2.52. The van der Waals surface area contributed by atoms with E-state index in [1.807, 2.05) is 79.8 Å². The Bertz CT molecular complexity index is 1130. The number of alkyl halides is 1. The summed E-state index contributed by atoms with van der Waals surface area (Å²) >= 11 is 7.17. The molecule has 5 heteroatoms. The number of hydrazone groups is 1. The number of hydrogen-bond acceptors (Lipinski definition) is 3. The lowest BCUT2D eigenvalue weighted by Gasteiger charge is -2.46. The van der Waals surface area contributed by atoms with Crippen molar-refractivity contribution >= 4 is 28.9 Å². The number of benzene rings is 3. The molecule has 2 heterocycles. The predicted octanol–water partition coefficient (Wildman–Crippen LogP) is 4.89. The van der Waals surface area contributed by atoms with Gasteiger partial charge >= 0.3 is 0 Å². The van der Waals surface area contributed by atoms with Gasteiger partial charge in [-0.05, 0) is 36.2 Å². The van der Waals surface area contributed by atoms with Crippen molar-refractivity contribution < 1.29 is 4.79 Å². The Hall–Kier alpha value is -3.11. The minimum atomic E-state index is -0.524. The van der Waals surface area contributed by atoms with Gasteiger partial charge in [0.05, 0.1) is 16.5 Å². The molecule has 0 fully saturated rings. The van der Waals surface area contributed by atoms with Crippen LogP contribution in [0.4, 0.5) is 5.69 Å². The molecule has 150 valence electrons. The number of nitrogens with zero attached hydrogens (tertiary/aromatic N) is 3. The SMILES string of the molecule is CN1c2ccccc2[C@]2(C)[C@H](Cl)C(c3ccccc3)=NN(C(=O)c3ccccc3)[C@H]12. The zero-order chi connectivity index (χ0) is 20.9. The fourth-order valence-corrected chi connectivity index (χ4v) is 5.18. The van der Waals surface area contributed by atoms with Crippen LogP contribution in [0.2, 0.25) is 0 Å². The van der Waals surface area contributed by atoms with Crippen LogP contribution in [-0.2, 0) is 5.41 Å². The van der Waals surface area contributed by atoms with E-state index in [4.69, 9.17) is 16.7 Å². The molecule has 3 aromatic rings. The van der Waals surface area contributed by atoms with Crippen molar-refractivity contribution in [3.05, 3.63) is 102 Å². The fraction of sp³-hybridized carbons (Fsp3) is 0.200. The molecular weight excluding hydrogens is 394 g/mol. The molecule has 0 saturated heterocycles. The zero-order valence-corrected chi connectivity index (χ0v) is 17.6. The molecule has 3 atom stereocenters. The number of fused-ring (bicyclic) bond motifs is 3. The highest BCUT2D eigenvalue weighted by Gasteiger charge is 2.58. The van der Waals surface area contributed by atoms with E-state index in [-0.39, 0.29) is 12.1 Å². The van der Waals surface area contributed by atoms with Crippen molar-refractivity contribution in [3.63, 3.8) is 0 Å². The van der Waals surface area contributed by atoms with E-state index < -0.39 is 10.8 Å². The molecule has 0 saturated carbocycles. The molecule has 0 N–H and O–H groups in total. The molecule has 0 unspecified atom stereocenters. The first kappa shape index (κ1) is 18.9. The van der Waals surface area contributed by atoms with Gasteiger partial charge in [-0.1, -0.05) is 66.7 Å². The first-order valence-corrected chi connectivity index (χ1v) is 10.5. The number of halogens is 1. The van der Waals surface area contributed by atoms with Crippen LogP contribution in [0.1, 0.15) is 28.4 Å². The lowest BCUT2D eigenvalue weighted by molar-refractivity contribution is 0.0585. The molecule has 0 spiro atoms. The van der Waals surface area contributed by atoms with Gasteiger partial charge in [-0.15, -0.1) is 11.6 Å². The van der Waals surface area contributed by atoms with E-state index in [0.29, 0.717) is 11.3 Å². The Morgan fingerprint density at radius 3 is 2.23 bits per heavy atom. The molecule has 3 aromatic carbocycles. The lowest BCUT2D eigenvalue weighted by Crippen LogP contribution is -2.62. The van der Waals surface area contributed by atoms with Gasteiger partial charge in [-0.2, -0.15) is 5.10 Å². The maximum absolute atomic E-state index is 13.6. The third kappa shape index (κ3) is 2.60. The van der Waals surface area contributed by atoms with Gasteiger partial charge in [0.1, 0.15) is 6.17 Å². The largest absolute Gasteiger partial charge is 0.352 e. The molecular formula is C25H22ClN3O. The molecule has 30 heavy (non-hydrogen) atoms. The highest BCUT2D eigenvalue weighted by molar-refractivity contribution is 6.36. The Balaban J connectivity index is 1.73. The Labute approximate surface area is 181 Å². The van der Waals surface area contributed by atoms with Crippen LogP contribution in [0.25, 0.3) is 0 Å². The number of para-hydroxylation sites is 1. The first-order valence-electron chi connectivity index (χ1n) is 10.0. The van der Waals surface area contributed by atoms with E-state index in [0.717, 1.165) is 16.8 Å². The van der Waals surface area contributed by atoms with Crippen molar-refractivity contribution in [2.75, 3.05) is 11.9 Å². The molecule has 0 aliphatic carbocycles. The van der Waals surface area contributed by atoms with Crippen molar-refractivity contribution in [3.8, 4) is 0 Å². The summed E-state index contributed by atoms with van der Waals surface area (Å²) in [5.41, 5.74) is 3.93. The third-order valence-electron chi connectivity index (χ3n) is 6.28. The van der Waals surface area contributed by atoms with E-state index in [9.17, 15) is 4.79 Å². The van der Waals surface area contributed by atoms with E-state index >= 15 is 0 Å². The minimum Gasteiger partial charge on any atom is -0.352 e. The standard InChI is InChI=1S/C25H22ClN3O/c1-25-19-15-9-10-16-20(19)28(2)24(25)29(23(30)18-13-7-4-8-14-18)27-21(22(25)26)17-11-5-3-6-12-17/h3-16,22,24H,1-2H3/t22-,24+,25-/m1/s1. The first-order chi connectivity index (χ1) is 14.5. The van der Waals surface area contributed by atoms with E-state index in [2.05, 4.69) is 24.0 Å². The monoisotopic (exact) mass is 415 g/mol. The van der Waals surface area contributed by atoms with Crippen molar-refractivity contribution in [1.82, 2.24) is 5.01 Å². The Kier molecular flexibility index (Phi) is 4.40. The molecule has 0 bridgehead atoms. The smallest absolute Gasteiger partial charge is 0.275 e. The van der Waals surface area contributed by atoms with Crippen LogP contribution >= 0.6 is 11.6 Å². The van der Waals surface area contributed by atoms with Crippen LogP contribution in [0.15, 0.2) is 90.0 Å². The summed E-state index contributed by atoms with van der Waals surface area (Å²) in [6, 6.07) is 27.4. The maximum atomic E-state index is 13.6. The normalized spacial score (nSPS) is 24.8. The quantitative estimate of drug-likeness (QED) is 0.559. The number of anilines is 1. The molecule has 1 amide bonds. The average Bonchev–Trinajstić information content (AvgIpc) is 3.04. The highest BCUT2D eigenvalue weighted by atomic mass is 35.5. The maximum Gasteiger partial charge on any atom is 0.275 e. The number of amides is 1. The summed E-state index contributed by atoms with van der Waals surface area (Å²) in [6.45, 7) is 2.14. The summed E-state index contributed by atoms with van der Waals surface area (Å²) in [5.74, 6) is -0.136. The van der Waals surface area contributed by atoms with Gasteiger partial charge in [-0.25, -0.2) is 5.01 Å². The number of likely N-dealkylation sites (N-methyl/N-ethyl adjacent to an activating group) is 1. The summed E-state index contributed by atoms with van der Waals surface area (Å²) in [5, 5.41) is 6.09.